The number of pyridine rings is 1. The van der Waals surface area contributed by atoms with Crippen molar-refractivity contribution in [3.8, 4) is 0 Å². The minimum absolute atomic E-state index is 0.0222. The number of hydrogen-bond acceptors (Lipinski definition) is 8. The number of aliphatic hydroxyl groups is 1. The number of urea groups is 1. The van der Waals surface area contributed by atoms with Crippen LogP contribution in [0.3, 0.4) is 0 Å². The van der Waals surface area contributed by atoms with Crippen LogP contribution in [0.25, 0.3) is 10.9 Å². The Kier molecular flexibility index (Phi) is 12.5. The van der Waals surface area contributed by atoms with Gasteiger partial charge in [-0.25, -0.2) is 13.2 Å². The number of hydrogen-bond donors (Lipinski definition) is 3. The molecule has 53 heavy (non-hydrogen) atoms. The summed E-state index contributed by atoms with van der Waals surface area (Å²) in [5, 5.41) is 27.8. The third kappa shape index (κ3) is 9.78. The summed E-state index contributed by atoms with van der Waals surface area (Å²) in [6, 6.07) is 23.1. The molecule has 0 radical (unpaired) electrons. The molecule has 1 unspecified atom stereocenters. The highest BCUT2D eigenvalue weighted by molar-refractivity contribution is 7.89. The predicted octanol–water partition coefficient (Wildman–Crippen LogP) is 5.13. The van der Waals surface area contributed by atoms with E-state index >= 15 is 0 Å². The molecular formula is C40H50N6O6S. The van der Waals surface area contributed by atoms with Gasteiger partial charge in [0.05, 0.1) is 28.8 Å². The maximum Gasteiger partial charge on any atom is 0.321 e. The Morgan fingerprint density at radius 1 is 0.981 bits per heavy atom. The first kappa shape index (κ1) is 39.4. The van der Waals surface area contributed by atoms with E-state index in [0.717, 1.165) is 22.0 Å². The summed E-state index contributed by atoms with van der Waals surface area (Å²) in [6.45, 7) is 10.5. The van der Waals surface area contributed by atoms with Gasteiger partial charge in [-0.3, -0.25) is 9.78 Å². The molecule has 2 heterocycles. The van der Waals surface area contributed by atoms with E-state index in [9.17, 15) is 23.1 Å². The second-order valence-electron chi connectivity index (χ2n) is 15.1. The minimum Gasteiger partial charge on any atom is -0.411 e. The van der Waals surface area contributed by atoms with Gasteiger partial charge < -0.3 is 25.4 Å². The lowest BCUT2D eigenvalue weighted by Crippen LogP contribution is -2.59. The number of fused-ring (bicyclic) bond motifs is 1. The van der Waals surface area contributed by atoms with E-state index in [4.69, 9.17) is 5.21 Å². The first-order valence-electron chi connectivity index (χ1n) is 17.9. The Hall–Kier alpha value is -4.85. The number of carbonyl (C=O) groups is 2. The fraction of sp³-hybridized carbons (Fsp3) is 0.400. The summed E-state index contributed by atoms with van der Waals surface area (Å²) >= 11 is 0. The summed E-state index contributed by atoms with van der Waals surface area (Å²) in [5.74, 6) is -0.498. The van der Waals surface area contributed by atoms with Crippen molar-refractivity contribution in [2.24, 2.45) is 16.5 Å². The Bertz CT molecular complexity index is 2000. The molecule has 3 atom stereocenters. The molecule has 3 amide bonds. The van der Waals surface area contributed by atoms with Gasteiger partial charge in [-0.1, -0.05) is 100 Å². The number of nitrogens with one attached hydrogen (secondary N) is 1. The zero-order valence-electron chi connectivity index (χ0n) is 31.0. The number of benzene rings is 3. The van der Waals surface area contributed by atoms with E-state index in [0.29, 0.717) is 25.2 Å². The number of rotatable bonds is 15. The van der Waals surface area contributed by atoms with E-state index < -0.39 is 39.5 Å². The first-order chi connectivity index (χ1) is 25.2. The van der Waals surface area contributed by atoms with Crippen molar-refractivity contribution >= 4 is 39.1 Å². The third-order valence-electron chi connectivity index (χ3n) is 9.33. The molecule has 1 aliphatic rings. The molecule has 4 aromatic rings. The number of carbonyl (C=O) groups excluding carboxylic acids is 2. The van der Waals surface area contributed by atoms with Gasteiger partial charge >= 0.3 is 6.03 Å². The summed E-state index contributed by atoms with van der Waals surface area (Å²) in [4.78, 5) is 36.1. The van der Waals surface area contributed by atoms with E-state index in [1.807, 2.05) is 95.3 Å². The highest BCUT2D eigenvalue weighted by Gasteiger charge is 2.44. The Labute approximate surface area is 312 Å². The third-order valence-corrected chi connectivity index (χ3v) is 11.2. The zero-order valence-corrected chi connectivity index (χ0v) is 31.8. The molecule has 13 heteroatoms. The minimum atomic E-state index is -4.07. The van der Waals surface area contributed by atoms with Crippen LogP contribution >= 0.6 is 0 Å². The molecule has 5 rings (SSSR count). The van der Waals surface area contributed by atoms with Crippen LogP contribution in [0, 0.1) is 11.3 Å². The van der Waals surface area contributed by atoms with Crippen LogP contribution in [-0.2, 0) is 27.8 Å². The largest absolute Gasteiger partial charge is 0.411 e. The van der Waals surface area contributed by atoms with Crippen molar-refractivity contribution < 1.29 is 28.3 Å². The lowest BCUT2D eigenvalue weighted by atomic mass is 9.84. The predicted molar refractivity (Wildman–Crippen MR) is 205 cm³/mol. The van der Waals surface area contributed by atoms with Crippen LogP contribution in [0.4, 0.5) is 4.79 Å². The molecule has 282 valence electrons. The molecule has 0 bridgehead atoms. The molecule has 1 fully saturated rings. The van der Waals surface area contributed by atoms with Crippen LogP contribution in [0.5, 0.6) is 0 Å². The molecule has 3 aromatic carbocycles. The van der Waals surface area contributed by atoms with Crippen molar-refractivity contribution in [2.45, 2.75) is 70.7 Å². The lowest BCUT2D eigenvalue weighted by Gasteiger charge is -2.38. The fourth-order valence-electron chi connectivity index (χ4n) is 6.79. The normalized spacial score (nSPS) is 15.8. The molecule has 3 N–H and O–H groups in total. The second-order valence-corrected chi connectivity index (χ2v) is 17.0. The SMILES string of the molecule is CC(C)CN(C[C@@H](O)[C@H](Cc1ccccc1)NC(=O)C(N1CCN(Cc2ccc3cccnc3c2)C1=O)C(C)(C)C)S(=O)(=O)c1ccc(/C=N/O)cc1. The van der Waals surface area contributed by atoms with E-state index in [1.165, 1.54) is 34.8 Å². The van der Waals surface area contributed by atoms with Crippen molar-refractivity contribution in [1.29, 1.82) is 0 Å². The second kappa shape index (κ2) is 16.9. The number of oxime groups is 1. The highest BCUT2D eigenvalue weighted by atomic mass is 32.2. The molecule has 1 aliphatic heterocycles. The number of nitrogens with zero attached hydrogens (tertiary/aromatic N) is 5. The van der Waals surface area contributed by atoms with Crippen LogP contribution in [0.1, 0.15) is 51.3 Å². The van der Waals surface area contributed by atoms with Gasteiger partial charge in [0.15, 0.2) is 0 Å². The van der Waals surface area contributed by atoms with Gasteiger partial charge in [0, 0.05) is 44.3 Å². The molecule has 1 aromatic heterocycles. The average Bonchev–Trinajstić information content (AvgIpc) is 3.45. The zero-order chi connectivity index (χ0) is 38.3. The van der Waals surface area contributed by atoms with Crippen molar-refractivity contribution in [1.82, 2.24) is 24.4 Å². The maximum absolute atomic E-state index is 14.4. The standard InChI is InChI=1S/C40H50N6O6S/c1-28(2)25-45(53(51,52)33-17-14-30(15-18-33)24-42-50)27-36(47)35(22-29-10-7-6-8-11-29)43-38(48)37(40(3,4)5)46-21-20-44(39(46)49)26-31-13-16-32-12-9-19-41-34(32)23-31/h6-19,23-24,28,35-37,47,50H,20-22,25-27H2,1-5H3,(H,43,48)/b42-24+/t35-,36+,37?/m0/s1. The quantitative estimate of drug-likeness (QED) is 0.0867. The topological polar surface area (TPSA) is 156 Å². The van der Waals surface area contributed by atoms with Gasteiger partial charge in [0.1, 0.15) is 6.04 Å². The van der Waals surface area contributed by atoms with E-state index in [-0.39, 0.29) is 36.4 Å². The fourth-order valence-corrected chi connectivity index (χ4v) is 8.41. The van der Waals surface area contributed by atoms with Crippen LogP contribution in [-0.4, -0.2) is 100 Å². The number of sulfonamides is 1. The Morgan fingerprint density at radius 3 is 2.36 bits per heavy atom. The number of amides is 3. The van der Waals surface area contributed by atoms with Gasteiger partial charge in [0.25, 0.3) is 0 Å². The van der Waals surface area contributed by atoms with Crippen molar-refractivity contribution in [2.75, 3.05) is 26.2 Å². The van der Waals surface area contributed by atoms with Gasteiger partial charge in [-0.05, 0) is 58.7 Å². The number of aromatic nitrogens is 1. The number of aliphatic hydroxyl groups excluding tert-OH is 1. The van der Waals surface area contributed by atoms with Crippen LogP contribution < -0.4 is 5.32 Å². The molecule has 0 saturated carbocycles. The molecule has 1 saturated heterocycles. The lowest BCUT2D eigenvalue weighted by molar-refractivity contribution is -0.130. The Balaban J connectivity index is 1.38. The molecule has 0 aliphatic carbocycles. The van der Waals surface area contributed by atoms with Gasteiger partial charge in [-0.2, -0.15) is 4.31 Å². The molecular weight excluding hydrogens is 693 g/mol. The monoisotopic (exact) mass is 742 g/mol. The smallest absolute Gasteiger partial charge is 0.321 e. The van der Waals surface area contributed by atoms with Gasteiger partial charge in [-0.15, -0.1) is 0 Å². The average molecular weight is 743 g/mol. The summed E-state index contributed by atoms with van der Waals surface area (Å²) in [5.41, 5.74) is 2.47. The van der Waals surface area contributed by atoms with E-state index in [1.54, 1.807) is 16.0 Å². The molecule has 12 nitrogen and oxygen atoms in total. The summed E-state index contributed by atoms with van der Waals surface area (Å²) in [6.07, 6.45) is 1.86. The first-order valence-corrected chi connectivity index (χ1v) is 19.3. The summed E-state index contributed by atoms with van der Waals surface area (Å²) < 4.78 is 29.1. The summed E-state index contributed by atoms with van der Waals surface area (Å²) in [7, 11) is -4.07. The van der Waals surface area contributed by atoms with Crippen molar-refractivity contribution in [3.05, 3.63) is 108 Å². The van der Waals surface area contributed by atoms with Crippen LogP contribution in [0.15, 0.2) is 101 Å². The van der Waals surface area contributed by atoms with Crippen molar-refractivity contribution in [3.63, 3.8) is 0 Å². The highest BCUT2D eigenvalue weighted by Crippen LogP contribution is 2.29. The van der Waals surface area contributed by atoms with E-state index in [2.05, 4.69) is 15.5 Å². The maximum atomic E-state index is 14.4. The molecule has 0 spiro atoms. The Morgan fingerprint density at radius 2 is 1.70 bits per heavy atom. The van der Waals surface area contributed by atoms with Crippen LogP contribution in [0.2, 0.25) is 0 Å². The van der Waals surface area contributed by atoms with Gasteiger partial charge in [0.2, 0.25) is 15.9 Å².